The van der Waals surface area contributed by atoms with Crippen molar-refractivity contribution in [1.82, 2.24) is 9.88 Å². The molecule has 0 unspecified atom stereocenters. The van der Waals surface area contributed by atoms with Crippen LogP contribution in [0, 0.1) is 0 Å². The van der Waals surface area contributed by atoms with Crippen LogP contribution in [-0.4, -0.2) is 49.1 Å². The van der Waals surface area contributed by atoms with E-state index >= 15 is 0 Å². The number of ether oxygens (including phenoxy) is 2. The molecule has 1 saturated heterocycles. The van der Waals surface area contributed by atoms with Crippen LogP contribution in [0.25, 0.3) is 0 Å². The Kier molecular flexibility index (Phi) is 6.14. The molecule has 9 heteroatoms. The summed E-state index contributed by atoms with van der Waals surface area (Å²) in [6.45, 7) is 0.859. The predicted octanol–water partition coefficient (Wildman–Crippen LogP) is 3.83. The van der Waals surface area contributed by atoms with Gasteiger partial charge in [0.05, 0.1) is 19.8 Å². The summed E-state index contributed by atoms with van der Waals surface area (Å²) in [5.41, 5.74) is -0.318. The van der Waals surface area contributed by atoms with Gasteiger partial charge in [-0.15, -0.1) is 0 Å². The highest BCUT2D eigenvalue weighted by molar-refractivity contribution is 5.95. The number of hydrogen-bond acceptors (Lipinski definition) is 5. The smallest absolute Gasteiger partial charge is 0.419 e. The number of hydrogen-bond donors (Lipinski definition) is 1. The van der Waals surface area contributed by atoms with Gasteiger partial charge in [-0.2, -0.15) is 13.2 Å². The fourth-order valence-electron chi connectivity index (χ4n) is 3.32. The summed E-state index contributed by atoms with van der Waals surface area (Å²) in [4.78, 5) is 18.3. The van der Waals surface area contributed by atoms with Gasteiger partial charge in [0.2, 0.25) is 0 Å². The van der Waals surface area contributed by atoms with E-state index in [-0.39, 0.29) is 17.8 Å². The molecule has 6 nitrogen and oxygen atoms in total. The molecule has 1 amide bonds. The second kappa shape index (κ2) is 8.59. The van der Waals surface area contributed by atoms with Crippen LogP contribution in [0.1, 0.15) is 28.8 Å². The maximum absolute atomic E-state index is 13.1. The summed E-state index contributed by atoms with van der Waals surface area (Å²) in [6.07, 6.45) is -2.10. The average molecular weight is 409 g/mol. The minimum Gasteiger partial charge on any atom is -0.493 e. The van der Waals surface area contributed by atoms with Crippen molar-refractivity contribution in [3.8, 4) is 11.5 Å². The monoisotopic (exact) mass is 409 g/mol. The second-order valence-corrected chi connectivity index (χ2v) is 6.68. The van der Waals surface area contributed by atoms with Crippen LogP contribution in [-0.2, 0) is 6.18 Å². The number of rotatable bonds is 5. The van der Waals surface area contributed by atoms with E-state index in [2.05, 4.69) is 10.3 Å². The highest BCUT2D eigenvalue weighted by Gasteiger charge is 2.35. The van der Waals surface area contributed by atoms with Gasteiger partial charge >= 0.3 is 6.18 Å². The van der Waals surface area contributed by atoms with Crippen molar-refractivity contribution < 1.29 is 27.4 Å². The van der Waals surface area contributed by atoms with E-state index in [9.17, 15) is 18.0 Å². The number of amides is 1. The van der Waals surface area contributed by atoms with E-state index in [1.54, 1.807) is 23.1 Å². The minimum absolute atomic E-state index is 0.154. The number of piperidine rings is 1. The fourth-order valence-corrected chi connectivity index (χ4v) is 3.32. The van der Waals surface area contributed by atoms with Gasteiger partial charge in [-0.3, -0.25) is 4.79 Å². The average Bonchev–Trinajstić information content (AvgIpc) is 2.73. The third-order valence-corrected chi connectivity index (χ3v) is 4.87. The largest absolute Gasteiger partial charge is 0.493 e. The third-order valence-electron chi connectivity index (χ3n) is 4.87. The van der Waals surface area contributed by atoms with Crippen LogP contribution in [0.3, 0.4) is 0 Å². The molecule has 0 saturated carbocycles. The molecule has 2 aromatic rings. The molecule has 1 fully saturated rings. The quantitative estimate of drug-likeness (QED) is 0.813. The van der Waals surface area contributed by atoms with Crippen molar-refractivity contribution >= 4 is 11.7 Å². The van der Waals surface area contributed by atoms with Crippen LogP contribution in [0.2, 0.25) is 0 Å². The van der Waals surface area contributed by atoms with Crippen LogP contribution in [0.5, 0.6) is 11.5 Å². The molecule has 156 valence electrons. The van der Waals surface area contributed by atoms with Crippen molar-refractivity contribution in [3.63, 3.8) is 0 Å². The number of nitrogens with zero attached hydrogens (tertiary/aromatic N) is 2. The molecule has 1 aromatic heterocycles. The summed E-state index contributed by atoms with van der Waals surface area (Å²) in [7, 11) is 3.01. The molecule has 1 aliphatic rings. The van der Waals surface area contributed by atoms with Crippen molar-refractivity contribution in [3.05, 3.63) is 47.7 Å². The number of pyridine rings is 1. The number of aromatic nitrogens is 1. The van der Waals surface area contributed by atoms with Crippen molar-refractivity contribution in [1.29, 1.82) is 0 Å². The molecule has 1 aliphatic heterocycles. The number of nitrogens with one attached hydrogen (secondary N) is 1. The molecule has 0 aliphatic carbocycles. The number of carbonyl (C=O) groups is 1. The Hall–Kier alpha value is -2.97. The molecule has 1 aromatic carbocycles. The molecule has 0 spiro atoms. The van der Waals surface area contributed by atoms with Crippen molar-refractivity contribution in [2.75, 3.05) is 32.6 Å². The molecule has 0 bridgehead atoms. The van der Waals surface area contributed by atoms with Crippen LogP contribution in [0.15, 0.2) is 36.5 Å². The molecule has 0 radical (unpaired) electrons. The lowest BCUT2D eigenvalue weighted by atomic mass is 10.0. The Morgan fingerprint density at radius 3 is 2.45 bits per heavy atom. The van der Waals surface area contributed by atoms with Gasteiger partial charge in [0.1, 0.15) is 5.82 Å². The first-order chi connectivity index (χ1) is 13.8. The van der Waals surface area contributed by atoms with Crippen molar-refractivity contribution in [2.24, 2.45) is 0 Å². The standard InChI is InChI=1S/C20H22F3N3O3/c1-28-16-6-5-13(12-17(16)29-2)19(27)26-10-7-14(8-11-26)25-18-15(20(21,22)23)4-3-9-24-18/h3-6,9,12,14H,7-8,10-11H2,1-2H3,(H,24,25). The molecular formula is C20H22F3N3O3. The first kappa shape index (κ1) is 20.8. The van der Waals surface area contributed by atoms with Gasteiger partial charge in [0, 0.05) is 30.9 Å². The Morgan fingerprint density at radius 2 is 1.83 bits per heavy atom. The molecule has 29 heavy (non-hydrogen) atoms. The van der Waals surface area contributed by atoms with Crippen LogP contribution < -0.4 is 14.8 Å². The van der Waals surface area contributed by atoms with Gasteiger partial charge in [0.25, 0.3) is 5.91 Å². The number of likely N-dealkylation sites (tertiary alicyclic amines) is 1. The molecule has 1 N–H and O–H groups in total. The molecule has 2 heterocycles. The first-order valence-electron chi connectivity index (χ1n) is 9.13. The molecule has 0 atom stereocenters. The Balaban J connectivity index is 1.63. The SMILES string of the molecule is COc1ccc(C(=O)N2CCC(Nc3ncccc3C(F)(F)F)CC2)cc1OC. The van der Waals surface area contributed by atoms with Gasteiger partial charge in [-0.05, 0) is 43.2 Å². The minimum atomic E-state index is -4.47. The lowest BCUT2D eigenvalue weighted by molar-refractivity contribution is -0.137. The number of alkyl halides is 3. The fraction of sp³-hybridized carbons (Fsp3) is 0.400. The van der Waals surface area contributed by atoms with Crippen molar-refractivity contribution in [2.45, 2.75) is 25.1 Å². The number of benzene rings is 1. The Labute approximate surface area is 166 Å². The Morgan fingerprint density at radius 1 is 1.14 bits per heavy atom. The van der Waals surface area contributed by atoms with E-state index in [0.29, 0.717) is 43.0 Å². The molecular weight excluding hydrogens is 387 g/mol. The van der Waals surface area contributed by atoms with E-state index in [1.807, 2.05) is 0 Å². The summed E-state index contributed by atoms with van der Waals surface area (Å²) >= 11 is 0. The maximum Gasteiger partial charge on any atom is 0.419 e. The number of methoxy groups -OCH3 is 2. The van der Waals surface area contributed by atoms with E-state index in [0.717, 1.165) is 6.07 Å². The van der Waals surface area contributed by atoms with E-state index in [1.165, 1.54) is 26.5 Å². The predicted molar refractivity (Wildman–Crippen MR) is 101 cm³/mol. The topological polar surface area (TPSA) is 63.7 Å². The van der Waals surface area contributed by atoms with E-state index < -0.39 is 11.7 Å². The van der Waals surface area contributed by atoms with Gasteiger partial charge in [0.15, 0.2) is 11.5 Å². The summed E-state index contributed by atoms with van der Waals surface area (Å²) in [5, 5.41) is 2.88. The maximum atomic E-state index is 13.1. The lowest BCUT2D eigenvalue weighted by Crippen LogP contribution is -2.42. The van der Waals surface area contributed by atoms with Gasteiger partial charge in [-0.1, -0.05) is 0 Å². The zero-order chi connectivity index (χ0) is 21.0. The van der Waals surface area contributed by atoms with Crippen LogP contribution >= 0.6 is 0 Å². The lowest BCUT2D eigenvalue weighted by Gasteiger charge is -2.33. The third kappa shape index (κ3) is 4.72. The van der Waals surface area contributed by atoms with Crippen LogP contribution in [0.4, 0.5) is 19.0 Å². The summed E-state index contributed by atoms with van der Waals surface area (Å²) in [6, 6.07) is 7.02. The zero-order valence-corrected chi connectivity index (χ0v) is 16.1. The highest BCUT2D eigenvalue weighted by atomic mass is 19.4. The Bertz CT molecular complexity index is 866. The first-order valence-corrected chi connectivity index (χ1v) is 9.13. The number of anilines is 1. The number of carbonyl (C=O) groups excluding carboxylic acids is 1. The molecule has 3 rings (SSSR count). The highest BCUT2D eigenvalue weighted by Crippen LogP contribution is 2.34. The normalized spacial score (nSPS) is 15.1. The zero-order valence-electron chi connectivity index (χ0n) is 16.1. The second-order valence-electron chi connectivity index (χ2n) is 6.68. The van der Waals surface area contributed by atoms with E-state index in [4.69, 9.17) is 9.47 Å². The number of halogens is 3. The summed E-state index contributed by atoms with van der Waals surface area (Å²) < 4.78 is 49.8. The van der Waals surface area contributed by atoms with Gasteiger partial charge < -0.3 is 19.7 Å². The summed E-state index contributed by atoms with van der Waals surface area (Å²) in [5.74, 6) is 0.662. The van der Waals surface area contributed by atoms with Gasteiger partial charge in [-0.25, -0.2) is 4.98 Å².